The molecule has 1 N–H and O–H groups in total. The molecule has 0 spiro atoms. The van der Waals surface area contributed by atoms with E-state index in [1.54, 1.807) is 18.2 Å². The summed E-state index contributed by atoms with van der Waals surface area (Å²) in [7, 11) is 0. The van der Waals surface area contributed by atoms with Crippen molar-refractivity contribution in [3.63, 3.8) is 0 Å². The minimum atomic E-state index is -0.237. The van der Waals surface area contributed by atoms with Crippen LogP contribution >= 0.6 is 24.2 Å². The first-order chi connectivity index (χ1) is 9.77. The summed E-state index contributed by atoms with van der Waals surface area (Å²) in [4.78, 5) is 12.9. The van der Waals surface area contributed by atoms with Gasteiger partial charge in [-0.05, 0) is 41.3 Å². The summed E-state index contributed by atoms with van der Waals surface area (Å²) in [5.41, 5.74) is 2.47. The van der Waals surface area contributed by atoms with E-state index in [-0.39, 0.29) is 11.3 Å². The molecule has 2 rings (SSSR count). The molecule has 0 fully saturated rings. The molecule has 0 radical (unpaired) electrons. The third-order valence-corrected chi connectivity index (χ3v) is 3.81. The van der Waals surface area contributed by atoms with Gasteiger partial charge in [0.15, 0.2) is 0 Å². The maximum Gasteiger partial charge on any atom is 0.257 e. The molecule has 0 aliphatic heterocycles. The van der Waals surface area contributed by atoms with Gasteiger partial charge in [0.2, 0.25) is 0 Å². The Bertz CT molecular complexity index is 659. The molecule has 0 unspecified atom stereocenters. The van der Waals surface area contributed by atoms with E-state index >= 15 is 0 Å². The summed E-state index contributed by atoms with van der Waals surface area (Å²) in [6.07, 6.45) is 0. The predicted molar refractivity (Wildman–Crippen MR) is 91.8 cm³/mol. The normalized spacial score (nSPS) is 11.3. The van der Waals surface area contributed by atoms with E-state index in [9.17, 15) is 4.79 Å². The van der Waals surface area contributed by atoms with Gasteiger partial charge in [-0.1, -0.05) is 44.5 Å². The number of thiol groups is 1. The molecule has 2 nitrogen and oxygen atoms in total. The standard InChI is InChI=1S/C17H18ClNOS/c1-17(2,3)11-4-6-12(7-5-11)19-16(20)14-10-13(21)8-9-15(14)18/h4-10,21H,1-3H3,(H,19,20). The van der Waals surface area contributed by atoms with Gasteiger partial charge in [0.1, 0.15) is 0 Å². The topological polar surface area (TPSA) is 29.1 Å². The molecule has 110 valence electrons. The molecule has 0 aromatic heterocycles. The molecule has 1 amide bonds. The Balaban J connectivity index is 2.18. The minimum Gasteiger partial charge on any atom is -0.322 e. The summed E-state index contributed by atoms with van der Waals surface area (Å²) in [5.74, 6) is -0.237. The summed E-state index contributed by atoms with van der Waals surface area (Å²) < 4.78 is 0. The predicted octanol–water partition coefficient (Wildman–Crippen LogP) is 5.18. The van der Waals surface area contributed by atoms with Crippen molar-refractivity contribution in [1.82, 2.24) is 0 Å². The fourth-order valence-electron chi connectivity index (χ4n) is 1.94. The van der Waals surface area contributed by atoms with E-state index in [2.05, 4.69) is 38.7 Å². The highest BCUT2D eigenvalue weighted by Gasteiger charge is 2.14. The lowest BCUT2D eigenvalue weighted by molar-refractivity contribution is 0.102. The first-order valence-corrected chi connectivity index (χ1v) is 7.50. The van der Waals surface area contributed by atoms with E-state index in [1.165, 1.54) is 5.56 Å². The van der Waals surface area contributed by atoms with Crippen LogP contribution in [-0.2, 0) is 5.41 Å². The number of amides is 1. The molecular weight excluding hydrogens is 302 g/mol. The first kappa shape index (κ1) is 15.9. The maximum atomic E-state index is 12.2. The molecule has 2 aromatic carbocycles. The van der Waals surface area contributed by atoms with Gasteiger partial charge in [-0.2, -0.15) is 0 Å². The van der Waals surface area contributed by atoms with Crippen molar-refractivity contribution in [1.29, 1.82) is 0 Å². The molecular formula is C17H18ClNOS. The van der Waals surface area contributed by atoms with Gasteiger partial charge in [0.05, 0.1) is 10.6 Å². The van der Waals surface area contributed by atoms with E-state index < -0.39 is 0 Å². The Morgan fingerprint density at radius 2 is 1.71 bits per heavy atom. The second-order valence-corrected chi connectivity index (χ2v) is 6.87. The minimum absolute atomic E-state index is 0.0895. The number of benzene rings is 2. The fraction of sp³-hybridized carbons (Fsp3) is 0.235. The average Bonchev–Trinajstić information content (AvgIpc) is 2.41. The number of carbonyl (C=O) groups is 1. The summed E-state index contributed by atoms with van der Waals surface area (Å²) in [6, 6.07) is 12.9. The zero-order valence-corrected chi connectivity index (χ0v) is 13.9. The summed E-state index contributed by atoms with van der Waals surface area (Å²) in [6.45, 7) is 6.45. The van der Waals surface area contributed by atoms with Crippen LogP contribution in [0.1, 0.15) is 36.7 Å². The number of rotatable bonds is 2. The summed E-state index contributed by atoms with van der Waals surface area (Å²) in [5, 5.41) is 3.26. The van der Waals surface area contributed by atoms with E-state index in [0.717, 1.165) is 5.69 Å². The zero-order chi connectivity index (χ0) is 15.6. The number of hydrogen-bond acceptors (Lipinski definition) is 2. The smallest absolute Gasteiger partial charge is 0.257 e. The average molecular weight is 320 g/mol. The molecule has 0 heterocycles. The highest BCUT2D eigenvalue weighted by atomic mass is 35.5. The van der Waals surface area contributed by atoms with Crippen LogP contribution < -0.4 is 5.32 Å². The van der Waals surface area contributed by atoms with Crippen LogP contribution in [0, 0.1) is 0 Å². The van der Waals surface area contributed by atoms with Crippen molar-refractivity contribution in [2.75, 3.05) is 5.32 Å². The van der Waals surface area contributed by atoms with Crippen LogP contribution in [0.2, 0.25) is 5.02 Å². The van der Waals surface area contributed by atoms with Crippen LogP contribution in [0.4, 0.5) is 5.69 Å². The van der Waals surface area contributed by atoms with Gasteiger partial charge in [0, 0.05) is 10.6 Å². The maximum absolute atomic E-state index is 12.2. The molecule has 0 bridgehead atoms. The number of nitrogens with one attached hydrogen (secondary N) is 1. The monoisotopic (exact) mass is 319 g/mol. The molecule has 0 aliphatic rings. The Morgan fingerprint density at radius 3 is 2.29 bits per heavy atom. The van der Waals surface area contributed by atoms with Crippen LogP contribution in [-0.4, -0.2) is 5.91 Å². The molecule has 2 aromatic rings. The van der Waals surface area contributed by atoms with Gasteiger partial charge in [-0.25, -0.2) is 0 Å². The van der Waals surface area contributed by atoms with Crippen molar-refractivity contribution in [2.45, 2.75) is 31.1 Å². The molecule has 0 atom stereocenters. The summed E-state index contributed by atoms with van der Waals surface area (Å²) >= 11 is 10.3. The van der Waals surface area contributed by atoms with Crippen LogP contribution in [0.3, 0.4) is 0 Å². The highest BCUT2D eigenvalue weighted by molar-refractivity contribution is 7.80. The van der Waals surface area contributed by atoms with E-state index in [1.807, 2.05) is 24.3 Å². The first-order valence-electron chi connectivity index (χ1n) is 6.68. The molecule has 4 heteroatoms. The number of halogens is 1. The van der Waals surface area contributed by atoms with Gasteiger partial charge in [-0.15, -0.1) is 12.6 Å². The Kier molecular flexibility index (Phi) is 4.64. The molecule has 0 aliphatic carbocycles. The molecule has 21 heavy (non-hydrogen) atoms. The fourth-order valence-corrected chi connectivity index (χ4v) is 2.35. The van der Waals surface area contributed by atoms with Crippen molar-refractivity contribution in [3.8, 4) is 0 Å². The lowest BCUT2D eigenvalue weighted by Crippen LogP contribution is -2.14. The van der Waals surface area contributed by atoms with Crippen LogP contribution in [0.25, 0.3) is 0 Å². The second-order valence-electron chi connectivity index (χ2n) is 5.95. The van der Waals surface area contributed by atoms with Crippen molar-refractivity contribution >= 4 is 35.8 Å². The second kappa shape index (κ2) is 6.12. The lowest BCUT2D eigenvalue weighted by atomic mass is 9.87. The Morgan fingerprint density at radius 1 is 1.10 bits per heavy atom. The Labute approximate surface area is 135 Å². The third kappa shape index (κ3) is 4.02. The van der Waals surface area contributed by atoms with Gasteiger partial charge in [0.25, 0.3) is 5.91 Å². The van der Waals surface area contributed by atoms with Crippen LogP contribution in [0.5, 0.6) is 0 Å². The van der Waals surface area contributed by atoms with Gasteiger partial charge in [-0.3, -0.25) is 4.79 Å². The van der Waals surface area contributed by atoms with Crippen molar-refractivity contribution < 1.29 is 4.79 Å². The largest absolute Gasteiger partial charge is 0.322 e. The van der Waals surface area contributed by atoms with E-state index in [0.29, 0.717) is 15.5 Å². The number of hydrogen-bond donors (Lipinski definition) is 2. The van der Waals surface area contributed by atoms with Crippen LogP contribution in [0.15, 0.2) is 47.4 Å². The zero-order valence-electron chi connectivity index (χ0n) is 12.3. The van der Waals surface area contributed by atoms with Crippen molar-refractivity contribution in [2.24, 2.45) is 0 Å². The van der Waals surface area contributed by atoms with Gasteiger partial charge >= 0.3 is 0 Å². The number of anilines is 1. The molecule has 0 saturated carbocycles. The lowest BCUT2D eigenvalue weighted by Gasteiger charge is -2.19. The van der Waals surface area contributed by atoms with Crippen molar-refractivity contribution in [3.05, 3.63) is 58.6 Å². The number of carbonyl (C=O) groups excluding carboxylic acids is 1. The third-order valence-electron chi connectivity index (χ3n) is 3.20. The van der Waals surface area contributed by atoms with Gasteiger partial charge < -0.3 is 5.32 Å². The van der Waals surface area contributed by atoms with E-state index in [4.69, 9.17) is 11.6 Å². The molecule has 0 saturated heterocycles. The quantitative estimate of drug-likeness (QED) is 0.734. The SMILES string of the molecule is CC(C)(C)c1ccc(NC(=O)c2cc(S)ccc2Cl)cc1. The highest BCUT2D eigenvalue weighted by Crippen LogP contribution is 2.24. The Hall–Kier alpha value is -1.45.